The van der Waals surface area contributed by atoms with Gasteiger partial charge >= 0.3 is 0 Å². The maximum absolute atomic E-state index is 8.69. The number of rotatable bonds is 1. The molecule has 0 aliphatic heterocycles. The highest BCUT2D eigenvalue weighted by molar-refractivity contribution is 6.32. The van der Waals surface area contributed by atoms with Crippen LogP contribution in [0.4, 0.5) is 0 Å². The summed E-state index contributed by atoms with van der Waals surface area (Å²) in [6, 6.07) is 7.60. The molecule has 1 aromatic rings. The van der Waals surface area contributed by atoms with Gasteiger partial charge in [0.2, 0.25) is 0 Å². The van der Waals surface area contributed by atoms with E-state index in [-0.39, 0.29) is 0 Å². The first-order valence-corrected chi connectivity index (χ1v) is 4.23. The molecule has 0 heterocycles. The number of benzene rings is 1. The van der Waals surface area contributed by atoms with Crippen molar-refractivity contribution in [1.29, 1.82) is 5.26 Å². The number of nitriles is 1. The van der Waals surface area contributed by atoms with Crippen LogP contribution in [-0.4, -0.2) is 0 Å². The van der Waals surface area contributed by atoms with Gasteiger partial charge < -0.3 is 0 Å². The molecule has 1 aromatic carbocycles. The van der Waals surface area contributed by atoms with Gasteiger partial charge in [0.15, 0.2) is 0 Å². The van der Waals surface area contributed by atoms with Crippen molar-refractivity contribution in [2.45, 2.75) is 19.8 Å². The molecule has 0 aliphatic rings. The molecule has 0 amide bonds. The minimum Gasteiger partial charge on any atom is -0.192 e. The average Bonchev–Trinajstić information content (AvgIpc) is 2.04. The molecule has 1 rings (SSSR count). The summed E-state index contributed by atoms with van der Waals surface area (Å²) in [5.74, 6) is 0.366. The Kier molecular flexibility index (Phi) is 2.73. The SMILES string of the molecule is CC(C)c1cccc(C#N)c1Cl. The minimum absolute atomic E-state index is 0.366. The third-order valence-electron chi connectivity index (χ3n) is 1.77. The Morgan fingerprint density at radius 2 is 2.08 bits per heavy atom. The van der Waals surface area contributed by atoms with Gasteiger partial charge in [0.25, 0.3) is 0 Å². The van der Waals surface area contributed by atoms with Crippen LogP contribution in [0.2, 0.25) is 5.02 Å². The Hall–Kier alpha value is -1.00. The second kappa shape index (κ2) is 3.60. The number of halogens is 1. The van der Waals surface area contributed by atoms with Crippen molar-refractivity contribution in [3.63, 3.8) is 0 Å². The van der Waals surface area contributed by atoms with Gasteiger partial charge in [-0.3, -0.25) is 0 Å². The van der Waals surface area contributed by atoms with Crippen LogP contribution < -0.4 is 0 Å². The monoisotopic (exact) mass is 179 g/mol. The van der Waals surface area contributed by atoms with E-state index in [0.717, 1.165) is 5.56 Å². The molecule has 0 radical (unpaired) electrons. The molecule has 0 N–H and O–H groups in total. The largest absolute Gasteiger partial charge is 0.192 e. The quantitative estimate of drug-likeness (QED) is 0.649. The lowest BCUT2D eigenvalue weighted by Gasteiger charge is -2.07. The summed E-state index contributed by atoms with van der Waals surface area (Å²) in [4.78, 5) is 0. The standard InChI is InChI=1S/C10H10ClN/c1-7(2)9-5-3-4-8(6-12)10(9)11/h3-5,7H,1-2H3. The molecule has 1 nitrogen and oxygen atoms in total. The predicted octanol–water partition coefficient (Wildman–Crippen LogP) is 3.34. The zero-order chi connectivity index (χ0) is 9.14. The first-order chi connectivity index (χ1) is 5.66. The maximum Gasteiger partial charge on any atom is 0.101 e. The molecular formula is C10H10ClN. The highest BCUT2D eigenvalue weighted by Gasteiger charge is 2.07. The van der Waals surface area contributed by atoms with Gasteiger partial charge in [-0.1, -0.05) is 37.6 Å². The van der Waals surface area contributed by atoms with E-state index in [4.69, 9.17) is 16.9 Å². The molecule has 2 heteroatoms. The van der Waals surface area contributed by atoms with Gasteiger partial charge in [0.05, 0.1) is 10.6 Å². The van der Waals surface area contributed by atoms with E-state index in [1.807, 2.05) is 12.1 Å². The van der Waals surface area contributed by atoms with Gasteiger partial charge in [-0.25, -0.2) is 0 Å². The van der Waals surface area contributed by atoms with Gasteiger partial charge in [-0.2, -0.15) is 5.26 Å². The van der Waals surface area contributed by atoms with Crippen LogP contribution in [0.5, 0.6) is 0 Å². The highest BCUT2D eigenvalue weighted by atomic mass is 35.5. The Bertz CT molecular complexity index is 323. The van der Waals surface area contributed by atoms with Crippen molar-refractivity contribution in [3.05, 3.63) is 34.3 Å². The molecular weight excluding hydrogens is 170 g/mol. The molecule has 0 aliphatic carbocycles. The zero-order valence-corrected chi connectivity index (χ0v) is 7.89. The van der Waals surface area contributed by atoms with Crippen molar-refractivity contribution < 1.29 is 0 Å². The Balaban J connectivity index is 3.25. The summed E-state index contributed by atoms with van der Waals surface area (Å²) in [5.41, 5.74) is 1.60. The average molecular weight is 180 g/mol. The first kappa shape index (κ1) is 9.09. The topological polar surface area (TPSA) is 23.8 Å². The Labute approximate surface area is 77.6 Å². The third kappa shape index (κ3) is 1.60. The van der Waals surface area contributed by atoms with E-state index in [0.29, 0.717) is 16.5 Å². The fourth-order valence-electron chi connectivity index (χ4n) is 1.08. The molecule has 0 saturated heterocycles. The van der Waals surface area contributed by atoms with Crippen LogP contribution in [0.3, 0.4) is 0 Å². The second-order valence-corrected chi connectivity index (χ2v) is 3.35. The maximum atomic E-state index is 8.69. The fourth-order valence-corrected chi connectivity index (χ4v) is 1.47. The zero-order valence-electron chi connectivity index (χ0n) is 7.13. The van der Waals surface area contributed by atoms with Crippen LogP contribution >= 0.6 is 11.6 Å². The molecule has 0 atom stereocenters. The lowest BCUT2D eigenvalue weighted by molar-refractivity contribution is 0.866. The molecule has 0 spiro atoms. The summed E-state index contributed by atoms with van der Waals surface area (Å²) in [6.45, 7) is 4.12. The van der Waals surface area contributed by atoms with Gasteiger partial charge in [0.1, 0.15) is 6.07 Å². The molecule has 12 heavy (non-hydrogen) atoms. The molecule has 0 bridgehead atoms. The van der Waals surface area contributed by atoms with E-state index in [2.05, 4.69) is 19.9 Å². The van der Waals surface area contributed by atoms with Crippen molar-refractivity contribution in [2.75, 3.05) is 0 Å². The molecule has 0 aromatic heterocycles. The van der Waals surface area contributed by atoms with E-state index in [1.165, 1.54) is 0 Å². The minimum atomic E-state index is 0.366. The van der Waals surface area contributed by atoms with Crippen LogP contribution in [0.15, 0.2) is 18.2 Å². The summed E-state index contributed by atoms with van der Waals surface area (Å²) in [6.07, 6.45) is 0. The normalized spacial score (nSPS) is 9.92. The van der Waals surface area contributed by atoms with Crippen molar-refractivity contribution >= 4 is 11.6 Å². The summed E-state index contributed by atoms with van der Waals surface area (Å²) in [5, 5.41) is 9.28. The number of hydrogen-bond acceptors (Lipinski definition) is 1. The lowest BCUT2D eigenvalue weighted by Crippen LogP contribution is -1.90. The fraction of sp³-hybridized carbons (Fsp3) is 0.300. The van der Waals surface area contributed by atoms with Crippen LogP contribution in [0, 0.1) is 11.3 Å². The highest BCUT2D eigenvalue weighted by Crippen LogP contribution is 2.26. The molecule has 0 saturated carbocycles. The Morgan fingerprint density at radius 3 is 2.58 bits per heavy atom. The predicted molar refractivity (Wildman–Crippen MR) is 50.3 cm³/mol. The van der Waals surface area contributed by atoms with Gasteiger partial charge in [-0.05, 0) is 17.5 Å². The molecule has 0 fully saturated rings. The Morgan fingerprint density at radius 1 is 1.42 bits per heavy atom. The third-order valence-corrected chi connectivity index (χ3v) is 2.19. The van der Waals surface area contributed by atoms with Crippen molar-refractivity contribution in [2.24, 2.45) is 0 Å². The van der Waals surface area contributed by atoms with E-state index in [9.17, 15) is 0 Å². The van der Waals surface area contributed by atoms with E-state index < -0.39 is 0 Å². The number of hydrogen-bond donors (Lipinski definition) is 0. The van der Waals surface area contributed by atoms with Crippen LogP contribution in [0.1, 0.15) is 30.9 Å². The number of nitrogens with zero attached hydrogens (tertiary/aromatic N) is 1. The summed E-state index contributed by atoms with van der Waals surface area (Å²) in [7, 11) is 0. The summed E-state index contributed by atoms with van der Waals surface area (Å²) < 4.78 is 0. The first-order valence-electron chi connectivity index (χ1n) is 3.85. The van der Waals surface area contributed by atoms with E-state index in [1.54, 1.807) is 6.07 Å². The van der Waals surface area contributed by atoms with Crippen LogP contribution in [-0.2, 0) is 0 Å². The van der Waals surface area contributed by atoms with Gasteiger partial charge in [0, 0.05) is 0 Å². The van der Waals surface area contributed by atoms with Crippen molar-refractivity contribution in [1.82, 2.24) is 0 Å². The van der Waals surface area contributed by atoms with E-state index >= 15 is 0 Å². The lowest BCUT2D eigenvalue weighted by atomic mass is 10.0. The van der Waals surface area contributed by atoms with Gasteiger partial charge in [-0.15, -0.1) is 0 Å². The second-order valence-electron chi connectivity index (χ2n) is 2.98. The molecule has 62 valence electrons. The smallest absolute Gasteiger partial charge is 0.101 e. The van der Waals surface area contributed by atoms with Crippen LogP contribution in [0.25, 0.3) is 0 Å². The molecule has 0 unspecified atom stereocenters. The summed E-state index contributed by atoms with van der Waals surface area (Å²) >= 11 is 5.98. The van der Waals surface area contributed by atoms with Crippen molar-refractivity contribution in [3.8, 4) is 6.07 Å².